The second-order valence-electron chi connectivity index (χ2n) is 6.97. The highest BCUT2D eigenvalue weighted by molar-refractivity contribution is 9.10. The van der Waals surface area contributed by atoms with Crippen molar-refractivity contribution in [1.29, 1.82) is 4.78 Å². The van der Waals surface area contributed by atoms with E-state index in [9.17, 15) is 9.60 Å². The van der Waals surface area contributed by atoms with Crippen LogP contribution in [0.15, 0.2) is 61.1 Å². The van der Waals surface area contributed by atoms with Crippen LogP contribution in [0.25, 0.3) is 0 Å². The fraction of sp³-hybridized carbons (Fsp3) is 0.250. The third-order valence-electron chi connectivity index (χ3n) is 4.48. The molecule has 0 spiro atoms. The predicted octanol–water partition coefficient (Wildman–Crippen LogP) is 4.57. The lowest BCUT2D eigenvalue weighted by atomic mass is 10.2. The zero-order chi connectivity index (χ0) is 23.8. The largest absolute Gasteiger partial charge is 0.497 e. The maximum atomic E-state index is 13.4. The van der Waals surface area contributed by atoms with Crippen LogP contribution in [0.3, 0.4) is 0 Å². The van der Waals surface area contributed by atoms with Gasteiger partial charge < -0.3 is 20.6 Å². The van der Waals surface area contributed by atoms with Crippen molar-refractivity contribution < 1.29 is 19.0 Å². The van der Waals surface area contributed by atoms with Gasteiger partial charge in [-0.15, -0.1) is 0 Å². The van der Waals surface area contributed by atoms with Crippen molar-refractivity contribution >= 4 is 42.9 Å². The number of rotatable bonds is 9. The Bertz CT molecular complexity index is 1240. The first-order chi connectivity index (χ1) is 15.8. The van der Waals surface area contributed by atoms with Gasteiger partial charge in [0.15, 0.2) is 5.69 Å². The SMILES string of the molecule is COc1ccc(CN=S(C)(=N)CCNc2nonc2/C(=N/O)Nc2ccc(F)c(Br)c2)cc1. The van der Waals surface area contributed by atoms with Gasteiger partial charge in [-0.25, -0.2) is 9.02 Å². The molecule has 10 nitrogen and oxygen atoms in total. The van der Waals surface area contributed by atoms with E-state index in [-0.39, 0.29) is 21.8 Å². The maximum Gasteiger partial charge on any atom is 0.203 e. The Morgan fingerprint density at radius 2 is 2.03 bits per heavy atom. The van der Waals surface area contributed by atoms with Crippen molar-refractivity contribution in [3.8, 4) is 5.75 Å². The summed E-state index contributed by atoms with van der Waals surface area (Å²) in [7, 11) is -0.367. The summed E-state index contributed by atoms with van der Waals surface area (Å²) in [5.74, 6) is 1.00. The van der Waals surface area contributed by atoms with Gasteiger partial charge in [0.1, 0.15) is 11.6 Å². The fourth-order valence-electron chi connectivity index (χ4n) is 2.68. The van der Waals surface area contributed by atoms with Crippen molar-refractivity contribution in [2.75, 3.05) is 36.3 Å². The first kappa shape index (κ1) is 24.5. The Balaban J connectivity index is 1.61. The molecule has 0 aliphatic carbocycles. The summed E-state index contributed by atoms with van der Waals surface area (Å²) < 4.78 is 36.7. The molecule has 0 aliphatic rings. The van der Waals surface area contributed by atoms with Gasteiger partial charge in [-0.1, -0.05) is 26.9 Å². The van der Waals surface area contributed by atoms with Gasteiger partial charge in [-0.3, -0.25) is 9.14 Å². The van der Waals surface area contributed by atoms with Crippen LogP contribution in [0.5, 0.6) is 5.75 Å². The molecule has 0 saturated carbocycles. The van der Waals surface area contributed by atoms with Crippen molar-refractivity contribution in [1.82, 2.24) is 10.3 Å². The first-order valence-electron chi connectivity index (χ1n) is 9.64. The number of anilines is 2. The van der Waals surface area contributed by atoms with Crippen LogP contribution >= 0.6 is 15.9 Å². The van der Waals surface area contributed by atoms with Gasteiger partial charge in [0.05, 0.1) is 18.1 Å². The molecule has 3 rings (SSSR count). The molecule has 0 aliphatic heterocycles. The van der Waals surface area contributed by atoms with Crippen molar-refractivity contribution in [2.45, 2.75) is 6.54 Å². The molecule has 176 valence electrons. The quantitative estimate of drug-likeness (QED) is 0.135. The Hall–Kier alpha value is -3.19. The molecule has 0 amide bonds. The monoisotopic (exact) mass is 539 g/mol. The average Bonchev–Trinajstić information content (AvgIpc) is 3.27. The molecule has 1 unspecified atom stereocenters. The lowest BCUT2D eigenvalue weighted by Gasteiger charge is -2.10. The van der Waals surface area contributed by atoms with Crippen LogP contribution < -0.4 is 15.4 Å². The topological polar surface area (TPSA) is 141 Å². The second-order valence-corrected chi connectivity index (χ2v) is 10.6. The standard InChI is InChI=1S/C20H23BrFN7O3S/c1-31-15-6-3-13(4-7-15)12-25-33(2,23)10-9-24-19-18(28-32-29-19)20(27-30)26-14-5-8-17(22)16(21)11-14/h3-8,11,23,30H,9-10,12H2,1-2H3,(H,24,29)(H,26,27). The molecule has 0 bridgehead atoms. The lowest BCUT2D eigenvalue weighted by molar-refractivity contribution is 0.305. The molecular formula is C20H23BrFN7O3S. The highest BCUT2D eigenvalue weighted by Gasteiger charge is 2.18. The van der Waals surface area contributed by atoms with Crippen molar-refractivity contribution in [2.24, 2.45) is 9.52 Å². The minimum Gasteiger partial charge on any atom is -0.497 e. The van der Waals surface area contributed by atoms with Gasteiger partial charge >= 0.3 is 0 Å². The number of ether oxygens (including phenoxy) is 1. The third kappa shape index (κ3) is 6.89. The lowest BCUT2D eigenvalue weighted by Crippen LogP contribution is -2.19. The summed E-state index contributed by atoms with van der Waals surface area (Å²) in [5, 5.41) is 26.1. The number of benzene rings is 2. The molecule has 0 fully saturated rings. The normalized spacial score (nSPS) is 13.3. The van der Waals surface area contributed by atoms with E-state index in [1.54, 1.807) is 13.4 Å². The van der Waals surface area contributed by atoms with Gasteiger partial charge in [-0.2, -0.15) is 0 Å². The minimum absolute atomic E-state index is 0.0394. The molecule has 1 heterocycles. The number of hydrogen-bond donors (Lipinski definition) is 4. The van der Waals surface area contributed by atoms with E-state index in [0.717, 1.165) is 11.3 Å². The molecule has 13 heteroatoms. The Labute approximate surface area is 198 Å². The van der Waals surface area contributed by atoms with Crippen molar-refractivity contribution in [3.05, 3.63) is 64.0 Å². The van der Waals surface area contributed by atoms with Gasteiger partial charge in [0.25, 0.3) is 0 Å². The summed E-state index contributed by atoms with van der Waals surface area (Å²) >= 11 is 3.10. The number of nitrogens with zero attached hydrogens (tertiary/aromatic N) is 4. The smallest absolute Gasteiger partial charge is 0.203 e. The summed E-state index contributed by atoms with van der Waals surface area (Å²) in [6, 6.07) is 11.8. The fourth-order valence-corrected chi connectivity index (χ4v) is 4.12. The van der Waals surface area contributed by atoms with Crippen LogP contribution in [0, 0.1) is 10.6 Å². The number of oxime groups is 1. The number of hydrogen-bond acceptors (Lipinski definition) is 9. The van der Waals surface area contributed by atoms with Crippen molar-refractivity contribution in [3.63, 3.8) is 0 Å². The molecular weight excluding hydrogens is 517 g/mol. The van der Waals surface area contributed by atoms with Gasteiger partial charge in [0, 0.05) is 24.2 Å². The number of amidine groups is 1. The van der Waals surface area contributed by atoms with E-state index in [1.165, 1.54) is 18.2 Å². The summed E-state index contributed by atoms with van der Waals surface area (Å²) in [4.78, 5) is 0. The molecule has 3 aromatic rings. The van der Waals surface area contributed by atoms with E-state index in [1.807, 2.05) is 24.3 Å². The van der Waals surface area contributed by atoms with E-state index >= 15 is 0 Å². The summed E-state index contributed by atoms with van der Waals surface area (Å²) in [5.41, 5.74) is 1.60. The van der Waals surface area contributed by atoms with Crippen LogP contribution in [0.2, 0.25) is 0 Å². The van der Waals surface area contributed by atoms with E-state index in [0.29, 0.717) is 24.5 Å². The second kappa shape index (κ2) is 11.1. The molecule has 1 atom stereocenters. The van der Waals surface area contributed by atoms with Crippen LogP contribution in [0.4, 0.5) is 15.9 Å². The predicted molar refractivity (Wildman–Crippen MR) is 129 cm³/mol. The summed E-state index contributed by atoms with van der Waals surface area (Å²) in [6.45, 7) is 0.817. The molecule has 1 aromatic heterocycles. The number of nitrogens with one attached hydrogen (secondary N) is 3. The van der Waals surface area contributed by atoms with E-state index < -0.39 is 15.4 Å². The summed E-state index contributed by atoms with van der Waals surface area (Å²) in [6.07, 6.45) is 1.80. The molecule has 0 radical (unpaired) electrons. The van der Waals surface area contributed by atoms with Crippen LogP contribution in [-0.2, 0) is 16.2 Å². The van der Waals surface area contributed by atoms with E-state index in [2.05, 4.69) is 46.4 Å². The highest BCUT2D eigenvalue weighted by Crippen LogP contribution is 2.21. The Morgan fingerprint density at radius 1 is 1.27 bits per heavy atom. The minimum atomic E-state index is -1.98. The number of halogens is 2. The zero-order valence-corrected chi connectivity index (χ0v) is 20.3. The highest BCUT2D eigenvalue weighted by atomic mass is 79.9. The number of methoxy groups -OCH3 is 1. The van der Waals surface area contributed by atoms with Gasteiger partial charge in [0.2, 0.25) is 11.7 Å². The van der Waals surface area contributed by atoms with E-state index in [4.69, 9.17) is 14.1 Å². The number of aromatic nitrogens is 2. The zero-order valence-electron chi connectivity index (χ0n) is 17.9. The molecule has 4 N–H and O–H groups in total. The Morgan fingerprint density at radius 3 is 2.70 bits per heavy atom. The third-order valence-corrected chi connectivity index (χ3v) is 6.78. The first-order valence-corrected chi connectivity index (χ1v) is 12.6. The average molecular weight is 540 g/mol. The van der Waals surface area contributed by atoms with Gasteiger partial charge in [-0.05, 0) is 62.1 Å². The van der Waals surface area contributed by atoms with Crippen LogP contribution in [-0.4, -0.2) is 47.0 Å². The molecule has 2 aromatic carbocycles. The molecule has 0 saturated heterocycles. The van der Waals surface area contributed by atoms with Crippen LogP contribution in [0.1, 0.15) is 11.3 Å². The maximum absolute atomic E-state index is 13.4. The Kier molecular flexibility index (Phi) is 8.22. The molecule has 33 heavy (non-hydrogen) atoms.